The molecule has 0 spiro atoms. The molecule has 2 aromatic rings. The second-order valence-electron chi connectivity index (χ2n) is 3.83. The zero-order valence-corrected chi connectivity index (χ0v) is 11.7. The Morgan fingerprint density at radius 1 is 1.37 bits per heavy atom. The van der Waals surface area contributed by atoms with Crippen LogP contribution < -0.4 is 4.74 Å². The highest BCUT2D eigenvalue weighted by atomic mass is 35.5. The molecule has 0 saturated carbocycles. The fourth-order valence-corrected chi connectivity index (χ4v) is 2.18. The number of nitriles is 1. The number of pyridine rings is 1. The molecular formula is C14H10Cl2N2O. The first-order chi connectivity index (χ1) is 9.17. The van der Waals surface area contributed by atoms with E-state index in [1.165, 1.54) is 7.11 Å². The summed E-state index contributed by atoms with van der Waals surface area (Å²) >= 11 is 12.2. The van der Waals surface area contributed by atoms with Gasteiger partial charge in [0, 0.05) is 22.9 Å². The van der Waals surface area contributed by atoms with Crippen LogP contribution in [0.3, 0.4) is 0 Å². The molecule has 5 heteroatoms. The number of hydrogen-bond donors (Lipinski definition) is 0. The molecule has 0 saturated heterocycles. The van der Waals surface area contributed by atoms with Crippen molar-refractivity contribution in [3.05, 3.63) is 46.1 Å². The van der Waals surface area contributed by atoms with Crippen molar-refractivity contribution < 1.29 is 4.74 Å². The minimum absolute atomic E-state index is 0.224. The summed E-state index contributed by atoms with van der Waals surface area (Å²) in [5, 5.41) is 9.77. The van der Waals surface area contributed by atoms with Gasteiger partial charge < -0.3 is 4.74 Å². The van der Waals surface area contributed by atoms with E-state index in [-0.39, 0.29) is 6.42 Å². The number of nitrogens with zero attached hydrogens (tertiary/aromatic N) is 2. The van der Waals surface area contributed by atoms with Crippen LogP contribution in [0.15, 0.2) is 30.5 Å². The van der Waals surface area contributed by atoms with Gasteiger partial charge in [0.2, 0.25) is 5.88 Å². The third-order valence-corrected chi connectivity index (χ3v) is 3.47. The van der Waals surface area contributed by atoms with E-state index in [4.69, 9.17) is 33.2 Å². The SMILES string of the molecule is COc1ncc(-c2cccc(Cl)c2Cl)cc1CC#N. The summed E-state index contributed by atoms with van der Waals surface area (Å²) in [5.74, 6) is 0.448. The van der Waals surface area contributed by atoms with Crippen LogP contribution in [-0.2, 0) is 6.42 Å². The highest BCUT2D eigenvalue weighted by Crippen LogP contribution is 2.34. The summed E-state index contributed by atoms with van der Waals surface area (Å²) in [5.41, 5.74) is 2.31. The van der Waals surface area contributed by atoms with Crippen molar-refractivity contribution in [2.45, 2.75) is 6.42 Å². The van der Waals surface area contributed by atoms with Crippen LogP contribution in [0.2, 0.25) is 10.0 Å². The van der Waals surface area contributed by atoms with Gasteiger partial charge in [0.05, 0.1) is 29.6 Å². The predicted octanol–water partition coefficient (Wildman–Crippen LogP) is 4.13. The largest absolute Gasteiger partial charge is 0.481 e. The van der Waals surface area contributed by atoms with Gasteiger partial charge in [0.25, 0.3) is 0 Å². The van der Waals surface area contributed by atoms with Gasteiger partial charge in [-0.05, 0) is 12.1 Å². The van der Waals surface area contributed by atoms with Crippen molar-refractivity contribution >= 4 is 23.2 Å². The summed E-state index contributed by atoms with van der Waals surface area (Å²) in [6.07, 6.45) is 1.87. The van der Waals surface area contributed by atoms with Gasteiger partial charge in [-0.2, -0.15) is 5.26 Å². The second-order valence-corrected chi connectivity index (χ2v) is 4.61. The summed E-state index contributed by atoms with van der Waals surface area (Å²) in [6, 6.07) is 9.32. The molecule has 0 radical (unpaired) electrons. The van der Waals surface area contributed by atoms with E-state index in [0.29, 0.717) is 15.9 Å². The molecule has 96 valence electrons. The van der Waals surface area contributed by atoms with Crippen LogP contribution >= 0.6 is 23.2 Å². The number of methoxy groups -OCH3 is 1. The topological polar surface area (TPSA) is 45.9 Å². The van der Waals surface area contributed by atoms with Gasteiger partial charge >= 0.3 is 0 Å². The lowest BCUT2D eigenvalue weighted by atomic mass is 10.0. The molecule has 1 aromatic carbocycles. The first kappa shape index (κ1) is 13.7. The van der Waals surface area contributed by atoms with E-state index in [0.717, 1.165) is 16.7 Å². The van der Waals surface area contributed by atoms with E-state index < -0.39 is 0 Å². The highest BCUT2D eigenvalue weighted by molar-refractivity contribution is 6.43. The molecule has 0 fully saturated rings. The Balaban J connectivity index is 2.54. The van der Waals surface area contributed by atoms with E-state index in [1.807, 2.05) is 18.2 Å². The molecule has 1 aromatic heterocycles. The molecule has 3 nitrogen and oxygen atoms in total. The second kappa shape index (κ2) is 5.92. The zero-order valence-electron chi connectivity index (χ0n) is 10.2. The lowest BCUT2D eigenvalue weighted by Crippen LogP contribution is -1.95. The van der Waals surface area contributed by atoms with Crippen LogP contribution in [0.4, 0.5) is 0 Å². The molecule has 0 atom stereocenters. The third-order valence-electron chi connectivity index (χ3n) is 2.65. The smallest absolute Gasteiger partial charge is 0.217 e. The lowest BCUT2D eigenvalue weighted by molar-refractivity contribution is 0.394. The van der Waals surface area contributed by atoms with E-state index >= 15 is 0 Å². The first-order valence-corrected chi connectivity index (χ1v) is 6.27. The lowest BCUT2D eigenvalue weighted by Gasteiger charge is -2.09. The first-order valence-electron chi connectivity index (χ1n) is 5.51. The van der Waals surface area contributed by atoms with Crippen molar-refractivity contribution in [3.8, 4) is 23.1 Å². The molecule has 0 N–H and O–H groups in total. The molecule has 0 unspecified atom stereocenters. The predicted molar refractivity (Wildman–Crippen MR) is 75.6 cm³/mol. The molecule has 0 bridgehead atoms. The summed E-state index contributed by atoms with van der Waals surface area (Å²) in [6.45, 7) is 0. The highest BCUT2D eigenvalue weighted by Gasteiger charge is 2.11. The maximum atomic E-state index is 8.82. The van der Waals surface area contributed by atoms with E-state index in [9.17, 15) is 0 Å². The van der Waals surface area contributed by atoms with E-state index in [2.05, 4.69) is 11.1 Å². The van der Waals surface area contributed by atoms with Crippen LogP contribution in [0, 0.1) is 11.3 Å². The number of aromatic nitrogens is 1. The van der Waals surface area contributed by atoms with Gasteiger partial charge in [0.15, 0.2) is 0 Å². The minimum atomic E-state index is 0.224. The van der Waals surface area contributed by atoms with Gasteiger partial charge in [-0.25, -0.2) is 4.98 Å². The Labute approximate surface area is 121 Å². The molecule has 19 heavy (non-hydrogen) atoms. The van der Waals surface area contributed by atoms with Gasteiger partial charge in [-0.3, -0.25) is 0 Å². The van der Waals surface area contributed by atoms with Gasteiger partial charge in [0.1, 0.15) is 0 Å². The van der Waals surface area contributed by atoms with Gasteiger partial charge in [-0.15, -0.1) is 0 Å². The fraction of sp³-hybridized carbons (Fsp3) is 0.143. The zero-order chi connectivity index (χ0) is 13.8. The third kappa shape index (κ3) is 2.81. The van der Waals surface area contributed by atoms with Crippen molar-refractivity contribution in [2.24, 2.45) is 0 Å². The summed E-state index contributed by atoms with van der Waals surface area (Å²) in [4.78, 5) is 4.19. The average Bonchev–Trinajstić information content (AvgIpc) is 2.42. The van der Waals surface area contributed by atoms with Crippen molar-refractivity contribution in [2.75, 3.05) is 7.11 Å². The Kier molecular flexibility index (Phi) is 4.26. The average molecular weight is 293 g/mol. The quantitative estimate of drug-likeness (QED) is 0.854. The number of ether oxygens (including phenoxy) is 1. The maximum Gasteiger partial charge on any atom is 0.217 e. The maximum absolute atomic E-state index is 8.82. The number of halogens is 2. The molecule has 0 aliphatic rings. The van der Waals surface area contributed by atoms with Crippen molar-refractivity contribution in [3.63, 3.8) is 0 Å². The normalized spacial score (nSPS) is 10.0. The van der Waals surface area contributed by atoms with Crippen LogP contribution in [-0.4, -0.2) is 12.1 Å². The monoisotopic (exact) mass is 292 g/mol. The van der Waals surface area contributed by atoms with Crippen molar-refractivity contribution in [1.29, 1.82) is 5.26 Å². The molecule has 2 rings (SSSR count). The van der Waals surface area contributed by atoms with Crippen LogP contribution in [0.25, 0.3) is 11.1 Å². The minimum Gasteiger partial charge on any atom is -0.481 e. The number of rotatable bonds is 3. The molecule has 0 aliphatic carbocycles. The Morgan fingerprint density at radius 2 is 2.16 bits per heavy atom. The molecule has 0 aliphatic heterocycles. The van der Waals surface area contributed by atoms with Gasteiger partial charge in [-0.1, -0.05) is 35.3 Å². The number of benzene rings is 1. The Morgan fingerprint density at radius 3 is 2.84 bits per heavy atom. The van der Waals surface area contributed by atoms with Crippen molar-refractivity contribution in [1.82, 2.24) is 4.98 Å². The van der Waals surface area contributed by atoms with E-state index in [1.54, 1.807) is 12.3 Å². The van der Waals surface area contributed by atoms with Crippen LogP contribution in [0.1, 0.15) is 5.56 Å². The standard InChI is InChI=1S/C14H10Cl2N2O/c1-19-14-9(5-6-17)7-10(8-18-14)11-3-2-4-12(15)13(11)16/h2-4,7-8H,5H2,1H3. The fourth-order valence-electron chi connectivity index (χ4n) is 1.77. The number of hydrogen-bond acceptors (Lipinski definition) is 3. The molecular weight excluding hydrogens is 283 g/mol. The van der Waals surface area contributed by atoms with Crippen LogP contribution in [0.5, 0.6) is 5.88 Å². The summed E-state index contributed by atoms with van der Waals surface area (Å²) < 4.78 is 5.12. The Hall–Kier alpha value is -1.76. The summed E-state index contributed by atoms with van der Waals surface area (Å²) in [7, 11) is 1.52. The Bertz CT molecular complexity index is 650. The molecule has 0 amide bonds. The molecule has 1 heterocycles.